The summed E-state index contributed by atoms with van der Waals surface area (Å²) < 4.78 is 29.3. The minimum atomic E-state index is -2.90. The number of rotatable bonds is 7. The lowest BCUT2D eigenvalue weighted by molar-refractivity contribution is 0.0983. The molecule has 1 fully saturated rings. The topological polar surface area (TPSA) is 55.4 Å². The van der Waals surface area contributed by atoms with Gasteiger partial charge in [0.2, 0.25) is 0 Å². The van der Waals surface area contributed by atoms with Crippen molar-refractivity contribution in [1.82, 2.24) is 5.32 Å². The zero-order valence-corrected chi connectivity index (χ0v) is 11.8. The fourth-order valence-electron chi connectivity index (χ4n) is 2.24. The largest absolute Gasteiger partial charge is 0.381 e. The summed E-state index contributed by atoms with van der Waals surface area (Å²) in [6.45, 7) is 6.29. The summed E-state index contributed by atoms with van der Waals surface area (Å²) in [5, 5.41) is 3.14. The molecular weight excluding hydrogens is 238 g/mol. The van der Waals surface area contributed by atoms with Crippen LogP contribution in [0.25, 0.3) is 0 Å². The van der Waals surface area contributed by atoms with Gasteiger partial charge in [0.15, 0.2) is 9.84 Å². The highest BCUT2D eigenvalue weighted by atomic mass is 32.2. The van der Waals surface area contributed by atoms with Crippen LogP contribution in [0.5, 0.6) is 0 Å². The highest BCUT2D eigenvalue weighted by molar-refractivity contribution is 7.92. The van der Waals surface area contributed by atoms with Gasteiger partial charge in [-0.05, 0) is 39.2 Å². The number of hydrogen-bond acceptors (Lipinski definition) is 4. The van der Waals surface area contributed by atoms with Crippen molar-refractivity contribution in [3.8, 4) is 0 Å². The quantitative estimate of drug-likeness (QED) is 0.753. The van der Waals surface area contributed by atoms with Gasteiger partial charge in [0, 0.05) is 19.3 Å². The van der Waals surface area contributed by atoms with Crippen molar-refractivity contribution in [2.75, 3.05) is 25.5 Å². The lowest BCUT2D eigenvalue weighted by atomic mass is 10.2. The summed E-state index contributed by atoms with van der Waals surface area (Å²) in [6.07, 6.45) is 3.03. The van der Waals surface area contributed by atoms with Gasteiger partial charge in [0.25, 0.3) is 0 Å². The Labute approximate surface area is 105 Å². The van der Waals surface area contributed by atoms with Gasteiger partial charge in [-0.2, -0.15) is 0 Å². The van der Waals surface area contributed by atoms with Gasteiger partial charge in [-0.25, -0.2) is 8.42 Å². The standard InChI is InChI=1S/C12H25NO3S/c1-3-13-11(2)5-4-10-17(14,15)12-6-8-16-9-7-12/h11-13H,3-10H2,1-2H3. The molecule has 0 aromatic carbocycles. The molecule has 1 aliphatic heterocycles. The Hall–Kier alpha value is -0.130. The molecule has 1 atom stereocenters. The molecule has 102 valence electrons. The van der Waals surface area contributed by atoms with Crippen LogP contribution in [-0.4, -0.2) is 45.2 Å². The first kappa shape index (κ1) is 14.9. The summed E-state index contributed by atoms with van der Waals surface area (Å²) in [4.78, 5) is 0. The second-order valence-corrected chi connectivity index (χ2v) is 7.18. The van der Waals surface area contributed by atoms with Crippen molar-refractivity contribution in [3.05, 3.63) is 0 Å². The first-order valence-electron chi connectivity index (χ1n) is 6.59. The highest BCUT2D eigenvalue weighted by Crippen LogP contribution is 2.17. The Morgan fingerprint density at radius 1 is 1.35 bits per heavy atom. The summed E-state index contributed by atoms with van der Waals surface area (Å²) in [5.41, 5.74) is 0. The Balaban J connectivity index is 2.29. The van der Waals surface area contributed by atoms with Crippen molar-refractivity contribution >= 4 is 9.84 Å². The van der Waals surface area contributed by atoms with Crippen molar-refractivity contribution < 1.29 is 13.2 Å². The second kappa shape index (κ2) is 7.34. The van der Waals surface area contributed by atoms with E-state index < -0.39 is 9.84 Å². The predicted molar refractivity (Wildman–Crippen MR) is 70.0 cm³/mol. The Bertz CT molecular complexity index is 297. The normalized spacial score (nSPS) is 20.4. The van der Waals surface area contributed by atoms with Crippen molar-refractivity contribution in [2.24, 2.45) is 0 Å². The zero-order valence-electron chi connectivity index (χ0n) is 10.9. The van der Waals surface area contributed by atoms with Gasteiger partial charge in [0.05, 0.1) is 11.0 Å². The molecule has 1 N–H and O–H groups in total. The lowest BCUT2D eigenvalue weighted by Crippen LogP contribution is -2.31. The van der Waals surface area contributed by atoms with E-state index in [2.05, 4.69) is 19.2 Å². The van der Waals surface area contributed by atoms with Crippen molar-refractivity contribution in [1.29, 1.82) is 0 Å². The molecule has 5 heteroatoms. The third kappa shape index (κ3) is 5.36. The number of nitrogens with one attached hydrogen (secondary N) is 1. The Morgan fingerprint density at radius 2 is 2.00 bits per heavy atom. The van der Waals surface area contributed by atoms with E-state index in [1.165, 1.54) is 0 Å². The predicted octanol–water partition coefficient (Wildman–Crippen LogP) is 1.36. The fourth-order valence-corrected chi connectivity index (χ4v) is 4.06. The molecule has 0 spiro atoms. The van der Waals surface area contributed by atoms with E-state index in [-0.39, 0.29) is 5.25 Å². The van der Waals surface area contributed by atoms with Crippen LogP contribution >= 0.6 is 0 Å². The number of ether oxygens (including phenoxy) is 1. The SMILES string of the molecule is CCNC(C)CCCS(=O)(=O)C1CCOCC1. The maximum absolute atomic E-state index is 12.0. The van der Waals surface area contributed by atoms with Crippen LogP contribution in [0.3, 0.4) is 0 Å². The summed E-state index contributed by atoms with van der Waals surface area (Å²) >= 11 is 0. The molecule has 1 rings (SSSR count). The molecule has 0 saturated carbocycles. The molecule has 0 bridgehead atoms. The molecule has 1 aliphatic rings. The molecule has 0 radical (unpaired) electrons. The molecule has 0 amide bonds. The summed E-state index contributed by atoms with van der Waals surface area (Å²) in [6, 6.07) is 0.407. The van der Waals surface area contributed by atoms with Gasteiger partial charge < -0.3 is 10.1 Å². The average Bonchev–Trinajstić information content (AvgIpc) is 2.30. The van der Waals surface area contributed by atoms with Crippen molar-refractivity contribution in [2.45, 2.75) is 50.8 Å². The van der Waals surface area contributed by atoms with E-state index in [1.54, 1.807) is 0 Å². The van der Waals surface area contributed by atoms with Gasteiger partial charge in [0.1, 0.15) is 0 Å². The smallest absolute Gasteiger partial charge is 0.153 e. The summed E-state index contributed by atoms with van der Waals surface area (Å²) in [5.74, 6) is 0.327. The molecule has 0 aliphatic carbocycles. The van der Waals surface area contributed by atoms with Gasteiger partial charge in [-0.15, -0.1) is 0 Å². The minimum Gasteiger partial charge on any atom is -0.381 e. The molecular formula is C12H25NO3S. The van der Waals surface area contributed by atoms with Gasteiger partial charge in [-0.3, -0.25) is 0 Å². The van der Waals surface area contributed by atoms with Crippen molar-refractivity contribution in [3.63, 3.8) is 0 Å². The van der Waals surface area contributed by atoms with Crippen LogP contribution < -0.4 is 5.32 Å². The highest BCUT2D eigenvalue weighted by Gasteiger charge is 2.27. The third-order valence-electron chi connectivity index (χ3n) is 3.29. The van der Waals surface area contributed by atoms with Crippen LogP contribution in [0.1, 0.15) is 39.5 Å². The van der Waals surface area contributed by atoms with E-state index in [4.69, 9.17) is 4.74 Å². The van der Waals surface area contributed by atoms with Crippen LogP contribution in [0, 0.1) is 0 Å². The number of sulfone groups is 1. The van der Waals surface area contributed by atoms with Gasteiger partial charge >= 0.3 is 0 Å². The van der Waals surface area contributed by atoms with E-state index in [9.17, 15) is 8.42 Å². The Morgan fingerprint density at radius 3 is 2.59 bits per heavy atom. The maximum atomic E-state index is 12.0. The van der Waals surface area contributed by atoms with Gasteiger partial charge in [-0.1, -0.05) is 6.92 Å². The van der Waals surface area contributed by atoms with Crippen LogP contribution in [0.2, 0.25) is 0 Å². The molecule has 0 aromatic rings. The van der Waals surface area contributed by atoms with Crippen LogP contribution in [0.15, 0.2) is 0 Å². The average molecular weight is 263 g/mol. The van der Waals surface area contributed by atoms with E-state index >= 15 is 0 Å². The molecule has 1 saturated heterocycles. The monoisotopic (exact) mass is 263 g/mol. The first-order valence-corrected chi connectivity index (χ1v) is 8.30. The fraction of sp³-hybridized carbons (Fsp3) is 1.00. The summed E-state index contributed by atoms with van der Waals surface area (Å²) in [7, 11) is -2.90. The third-order valence-corrected chi connectivity index (χ3v) is 5.64. The first-order chi connectivity index (χ1) is 8.06. The van der Waals surface area contributed by atoms with E-state index in [0.29, 0.717) is 37.9 Å². The minimum absolute atomic E-state index is 0.161. The molecule has 4 nitrogen and oxygen atoms in total. The van der Waals surface area contributed by atoms with Crippen LogP contribution in [-0.2, 0) is 14.6 Å². The lowest BCUT2D eigenvalue weighted by Gasteiger charge is -2.22. The molecule has 0 aromatic heterocycles. The second-order valence-electron chi connectivity index (χ2n) is 4.78. The van der Waals surface area contributed by atoms with E-state index in [0.717, 1.165) is 19.4 Å². The number of hydrogen-bond donors (Lipinski definition) is 1. The zero-order chi connectivity index (χ0) is 12.7. The Kier molecular flexibility index (Phi) is 6.44. The van der Waals surface area contributed by atoms with E-state index in [1.807, 2.05) is 0 Å². The maximum Gasteiger partial charge on any atom is 0.153 e. The van der Waals surface area contributed by atoms with Crippen LogP contribution in [0.4, 0.5) is 0 Å². The molecule has 17 heavy (non-hydrogen) atoms. The molecule has 1 heterocycles. The molecule has 1 unspecified atom stereocenters.